The molecule has 0 amide bonds. The van der Waals surface area contributed by atoms with Crippen LogP contribution in [0.1, 0.15) is 5.56 Å². The Bertz CT molecular complexity index is 501. The van der Waals surface area contributed by atoms with Crippen LogP contribution in [0.5, 0.6) is 0 Å². The highest BCUT2D eigenvalue weighted by molar-refractivity contribution is 6.31. The van der Waals surface area contributed by atoms with E-state index in [2.05, 4.69) is 20.6 Å². The van der Waals surface area contributed by atoms with Gasteiger partial charge in [0, 0.05) is 18.6 Å². The van der Waals surface area contributed by atoms with Gasteiger partial charge in [-0.2, -0.15) is 0 Å². The van der Waals surface area contributed by atoms with E-state index in [1.165, 1.54) is 0 Å². The zero-order valence-corrected chi connectivity index (χ0v) is 10.2. The normalized spacial score (nSPS) is 10.0. The standard InChI is InChI=1S/C12H13ClN4/c1-14-11-7-15-8-12(17-11)16-6-9-4-2-3-5-10(9)13/h2-5,7-8H,6H2,1H3,(H2,14,16,17). The van der Waals surface area contributed by atoms with E-state index in [-0.39, 0.29) is 0 Å². The number of rotatable bonds is 4. The summed E-state index contributed by atoms with van der Waals surface area (Å²) in [5.41, 5.74) is 1.03. The summed E-state index contributed by atoms with van der Waals surface area (Å²) in [6.45, 7) is 0.627. The van der Waals surface area contributed by atoms with Gasteiger partial charge in [0.25, 0.3) is 0 Å². The van der Waals surface area contributed by atoms with Gasteiger partial charge in [-0.3, -0.25) is 4.98 Å². The Morgan fingerprint density at radius 2 is 1.94 bits per heavy atom. The predicted octanol–water partition coefficient (Wildman–Crippen LogP) is 2.78. The lowest BCUT2D eigenvalue weighted by molar-refractivity contribution is 1.08. The number of benzene rings is 1. The molecule has 0 atom stereocenters. The maximum atomic E-state index is 6.06. The molecule has 0 aliphatic heterocycles. The Hall–Kier alpha value is -1.81. The molecule has 0 fully saturated rings. The molecule has 17 heavy (non-hydrogen) atoms. The molecule has 2 rings (SSSR count). The van der Waals surface area contributed by atoms with Gasteiger partial charge in [-0.15, -0.1) is 0 Å². The van der Waals surface area contributed by atoms with E-state index in [0.29, 0.717) is 6.54 Å². The van der Waals surface area contributed by atoms with Crippen LogP contribution in [0, 0.1) is 0 Å². The molecular formula is C12H13ClN4. The number of hydrogen-bond donors (Lipinski definition) is 2. The molecule has 0 aliphatic rings. The van der Waals surface area contributed by atoms with Gasteiger partial charge in [-0.25, -0.2) is 4.98 Å². The maximum absolute atomic E-state index is 6.06. The van der Waals surface area contributed by atoms with Gasteiger partial charge in [-0.05, 0) is 11.6 Å². The molecule has 1 heterocycles. The summed E-state index contributed by atoms with van der Waals surface area (Å²) in [6.07, 6.45) is 3.35. The fraction of sp³-hybridized carbons (Fsp3) is 0.167. The summed E-state index contributed by atoms with van der Waals surface area (Å²) in [7, 11) is 1.81. The number of nitrogens with one attached hydrogen (secondary N) is 2. The first-order chi connectivity index (χ1) is 8.29. The fourth-order valence-corrected chi connectivity index (χ4v) is 1.60. The monoisotopic (exact) mass is 248 g/mol. The van der Waals surface area contributed by atoms with E-state index in [4.69, 9.17) is 11.6 Å². The van der Waals surface area contributed by atoms with Gasteiger partial charge in [0.15, 0.2) is 0 Å². The van der Waals surface area contributed by atoms with Crippen molar-refractivity contribution in [2.45, 2.75) is 6.54 Å². The van der Waals surface area contributed by atoms with Crippen molar-refractivity contribution in [1.29, 1.82) is 0 Å². The van der Waals surface area contributed by atoms with Crippen molar-refractivity contribution in [3.63, 3.8) is 0 Å². The lowest BCUT2D eigenvalue weighted by Crippen LogP contribution is -2.04. The Morgan fingerprint density at radius 3 is 2.71 bits per heavy atom. The van der Waals surface area contributed by atoms with E-state index in [1.54, 1.807) is 12.4 Å². The molecule has 0 spiro atoms. The largest absolute Gasteiger partial charge is 0.372 e. The van der Waals surface area contributed by atoms with E-state index in [9.17, 15) is 0 Å². The summed E-state index contributed by atoms with van der Waals surface area (Å²) in [6, 6.07) is 7.71. The van der Waals surface area contributed by atoms with Crippen molar-refractivity contribution < 1.29 is 0 Å². The predicted molar refractivity (Wildman–Crippen MR) is 70.4 cm³/mol. The molecular weight excluding hydrogens is 236 g/mol. The van der Waals surface area contributed by atoms with Crippen molar-refractivity contribution in [2.75, 3.05) is 17.7 Å². The molecule has 2 N–H and O–H groups in total. The zero-order chi connectivity index (χ0) is 12.1. The van der Waals surface area contributed by atoms with Crippen molar-refractivity contribution in [3.05, 3.63) is 47.2 Å². The fourth-order valence-electron chi connectivity index (χ4n) is 1.40. The van der Waals surface area contributed by atoms with Crippen LogP contribution in [0.25, 0.3) is 0 Å². The lowest BCUT2D eigenvalue weighted by atomic mass is 10.2. The summed E-state index contributed by atoms with van der Waals surface area (Å²) in [5.74, 6) is 1.45. The van der Waals surface area contributed by atoms with Crippen molar-refractivity contribution in [2.24, 2.45) is 0 Å². The average molecular weight is 249 g/mol. The van der Waals surface area contributed by atoms with E-state index in [0.717, 1.165) is 22.2 Å². The second-order valence-electron chi connectivity index (χ2n) is 3.48. The average Bonchev–Trinajstić information content (AvgIpc) is 2.38. The van der Waals surface area contributed by atoms with E-state index >= 15 is 0 Å². The highest BCUT2D eigenvalue weighted by Crippen LogP contribution is 2.16. The third kappa shape index (κ3) is 3.07. The van der Waals surface area contributed by atoms with Gasteiger partial charge in [-0.1, -0.05) is 29.8 Å². The second kappa shape index (κ2) is 5.50. The minimum absolute atomic E-state index is 0.627. The van der Waals surface area contributed by atoms with Crippen LogP contribution >= 0.6 is 11.6 Å². The topological polar surface area (TPSA) is 49.8 Å². The molecule has 0 bridgehead atoms. The van der Waals surface area contributed by atoms with Crippen LogP contribution in [-0.2, 0) is 6.54 Å². The van der Waals surface area contributed by atoms with Gasteiger partial charge < -0.3 is 10.6 Å². The SMILES string of the molecule is CNc1cncc(NCc2ccccc2Cl)n1. The van der Waals surface area contributed by atoms with Gasteiger partial charge in [0.2, 0.25) is 0 Å². The number of halogens is 1. The van der Waals surface area contributed by atoms with Crippen LogP contribution in [0.3, 0.4) is 0 Å². The van der Waals surface area contributed by atoms with E-state index < -0.39 is 0 Å². The number of nitrogens with zero attached hydrogens (tertiary/aromatic N) is 2. The minimum atomic E-state index is 0.627. The summed E-state index contributed by atoms with van der Waals surface area (Å²) < 4.78 is 0. The Labute approximate surface area is 105 Å². The Kier molecular flexibility index (Phi) is 3.77. The first kappa shape index (κ1) is 11.7. The Morgan fingerprint density at radius 1 is 1.18 bits per heavy atom. The first-order valence-corrected chi connectivity index (χ1v) is 5.64. The molecule has 1 aromatic carbocycles. The third-order valence-electron chi connectivity index (χ3n) is 2.31. The third-order valence-corrected chi connectivity index (χ3v) is 2.68. The van der Waals surface area contributed by atoms with Gasteiger partial charge in [0.05, 0.1) is 12.4 Å². The summed E-state index contributed by atoms with van der Waals surface area (Å²) >= 11 is 6.06. The molecule has 5 heteroatoms. The highest BCUT2D eigenvalue weighted by atomic mass is 35.5. The van der Waals surface area contributed by atoms with Crippen LogP contribution < -0.4 is 10.6 Å². The Balaban J connectivity index is 2.05. The zero-order valence-electron chi connectivity index (χ0n) is 9.44. The number of hydrogen-bond acceptors (Lipinski definition) is 4. The molecule has 0 saturated carbocycles. The second-order valence-corrected chi connectivity index (χ2v) is 3.89. The van der Waals surface area contributed by atoms with Crippen molar-refractivity contribution in [3.8, 4) is 0 Å². The van der Waals surface area contributed by atoms with E-state index in [1.807, 2.05) is 31.3 Å². The van der Waals surface area contributed by atoms with Crippen LogP contribution in [0.2, 0.25) is 5.02 Å². The van der Waals surface area contributed by atoms with Crippen LogP contribution in [-0.4, -0.2) is 17.0 Å². The lowest BCUT2D eigenvalue weighted by Gasteiger charge is -2.07. The van der Waals surface area contributed by atoms with Gasteiger partial charge >= 0.3 is 0 Å². The van der Waals surface area contributed by atoms with Crippen LogP contribution in [0.15, 0.2) is 36.7 Å². The smallest absolute Gasteiger partial charge is 0.147 e. The molecule has 88 valence electrons. The van der Waals surface area contributed by atoms with Gasteiger partial charge in [0.1, 0.15) is 11.6 Å². The molecule has 0 saturated heterocycles. The van der Waals surface area contributed by atoms with Crippen molar-refractivity contribution in [1.82, 2.24) is 9.97 Å². The molecule has 4 nitrogen and oxygen atoms in total. The summed E-state index contributed by atoms with van der Waals surface area (Å²) in [5, 5.41) is 6.86. The molecule has 0 aliphatic carbocycles. The molecule has 0 radical (unpaired) electrons. The first-order valence-electron chi connectivity index (χ1n) is 5.26. The molecule has 0 unspecified atom stereocenters. The molecule has 2 aromatic rings. The molecule has 1 aromatic heterocycles. The van der Waals surface area contributed by atoms with Crippen molar-refractivity contribution >= 4 is 23.2 Å². The highest BCUT2D eigenvalue weighted by Gasteiger charge is 2.00. The minimum Gasteiger partial charge on any atom is -0.372 e. The maximum Gasteiger partial charge on any atom is 0.147 e. The van der Waals surface area contributed by atoms with Crippen LogP contribution in [0.4, 0.5) is 11.6 Å². The number of anilines is 2. The summed E-state index contributed by atoms with van der Waals surface area (Å²) in [4.78, 5) is 8.38. The number of aromatic nitrogens is 2. The quantitative estimate of drug-likeness (QED) is 0.874.